The molecular formula is C17H26O. The average molecular weight is 246 g/mol. The number of benzene rings is 1. The van der Waals surface area contributed by atoms with Crippen LogP contribution in [-0.2, 0) is 6.42 Å². The summed E-state index contributed by atoms with van der Waals surface area (Å²) in [4.78, 5) is 0. The molecule has 0 amide bonds. The Kier molecular flexibility index (Phi) is 4.68. The molecule has 2 atom stereocenters. The first-order valence-corrected chi connectivity index (χ1v) is 7.46. The monoisotopic (exact) mass is 246 g/mol. The van der Waals surface area contributed by atoms with Crippen molar-refractivity contribution in [3.8, 4) is 5.75 Å². The van der Waals surface area contributed by atoms with Gasteiger partial charge in [0.2, 0.25) is 0 Å². The molecule has 0 fully saturated rings. The Labute approximate surface area is 112 Å². The van der Waals surface area contributed by atoms with Gasteiger partial charge in [-0.1, -0.05) is 45.7 Å². The van der Waals surface area contributed by atoms with E-state index in [0.717, 1.165) is 24.7 Å². The van der Waals surface area contributed by atoms with Gasteiger partial charge in [0, 0.05) is 0 Å². The van der Waals surface area contributed by atoms with Crippen molar-refractivity contribution in [2.24, 2.45) is 5.92 Å². The van der Waals surface area contributed by atoms with Crippen LogP contribution >= 0.6 is 0 Å². The minimum Gasteiger partial charge on any atom is -0.493 e. The predicted molar refractivity (Wildman–Crippen MR) is 77.4 cm³/mol. The molecule has 0 saturated heterocycles. The van der Waals surface area contributed by atoms with Crippen molar-refractivity contribution in [1.29, 1.82) is 0 Å². The SMILES string of the molecule is CCC(C)CCC(C)c1ccc2c(c1)CCCO2. The molecular weight excluding hydrogens is 220 g/mol. The van der Waals surface area contributed by atoms with Crippen LogP contribution in [0.5, 0.6) is 5.75 Å². The number of aryl methyl sites for hydroxylation is 1. The zero-order chi connectivity index (χ0) is 13.0. The first-order chi connectivity index (χ1) is 8.70. The number of hydrogen-bond donors (Lipinski definition) is 0. The molecule has 0 saturated carbocycles. The molecule has 1 aromatic carbocycles. The molecule has 2 unspecified atom stereocenters. The summed E-state index contributed by atoms with van der Waals surface area (Å²) in [6, 6.07) is 6.80. The third-order valence-corrected chi connectivity index (χ3v) is 4.29. The second kappa shape index (κ2) is 6.26. The zero-order valence-corrected chi connectivity index (χ0v) is 12.0. The summed E-state index contributed by atoms with van der Waals surface area (Å²) >= 11 is 0. The molecule has 0 bridgehead atoms. The molecule has 18 heavy (non-hydrogen) atoms. The second-order valence-corrected chi connectivity index (χ2v) is 5.81. The Morgan fingerprint density at radius 3 is 2.83 bits per heavy atom. The predicted octanol–water partition coefficient (Wildman–Crippen LogP) is 4.94. The number of hydrogen-bond acceptors (Lipinski definition) is 1. The largest absolute Gasteiger partial charge is 0.493 e. The Balaban J connectivity index is 1.99. The summed E-state index contributed by atoms with van der Waals surface area (Å²) in [7, 11) is 0. The van der Waals surface area contributed by atoms with E-state index in [2.05, 4.69) is 39.0 Å². The summed E-state index contributed by atoms with van der Waals surface area (Å²) < 4.78 is 5.67. The minimum atomic E-state index is 0.672. The van der Waals surface area contributed by atoms with E-state index in [4.69, 9.17) is 4.74 Å². The Morgan fingerprint density at radius 2 is 2.06 bits per heavy atom. The fraction of sp³-hybridized carbons (Fsp3) is 0.647. The maximum absolute atomic E-state index is 5.67. The van der Waals surface area contributed by atoms with Crippen LogP contribution in [0, 0.1) is 5.92 Å². The quantitative estimate of drug-likeness (QED) is 0.715. The van der Waals surface area contributed by atoms with Crippen LogP contribution in [0.3, 0.4) is 0 Å². The molecule has 0 N–H and O–H groups in total. The van der Waals surface area contributed by atoms with E-state index in [1.807, 2.05) is 0 Å². The fourth-order valence-corrected chi connectivity index (χ4v) is 2.59. The molecule has 0 aromatic heterocycles. The van der Waals surface area contributed by atoms with Crippen LogP contribution in [-0.4, -0.2) is 6.61 Å². The van der Waals surface area contributed by atoms with Crippen molar-refractivity contribution >= 4 is 0 Å². The first kappa shape index (κ1) is 13.5. The van der Waals surface area contributed by atoms with Gasteiger partial charge in [-0.25, -0.2) is 0 Å². The van der Waals surface area contributed by atoms with Crippen LogP contribution in [0.2, 0.25) is 0 Å². The highest BCUT2D eigenvalue weighted by molar-refractivity contribution is 5.39. The molecule has 0 spiro atoms. The molecule has 0 radical (unpaired) electrons. The number of fused-ring (bicyclic) bond motifs is 1. The normalized spacial score (nSPS) is 17.7. The molecule has 1 aliphatic heterocycles. The van der Waals surface area contributed by atoms with Gasteiger partial charge >= 0.3 is 0 Å². The summed E-state index contributed by atoms with van der Waals surface area (Å²) in [5.74, 6) is 2.64. The van der Waals surface area contributed by atoms with E-state index in [9.17, 15) is 0 Å². The Hall–Kier alpha value is -0.980. The molecule has 1 heterocycles. The van der Waals surface area contributed by atoms with Crippen molar-refractivity contribution in [1.82, 2.24) is 0 Å². The van der Waals surface area contributed by atoms with Gasteiger partial charge < -0.3 is 4.74 Å². The van der Waals surface area contributed by atoms with Crippen LogP contribution in [0.1, 0.15) is 63.5 Å². The van der Waals surface area contributed by atoms with Gasteiger partial charge in [0.1, 0.15) is 5.75 Å². The van der Waals surface area contributed by atoms with Gasteiger partial charge in [-0.2, -0.15) is 0 Å². The second-order valence-electron chi connectivity index (χ2n) is 5.81. The van der Waals surface area contributed by atoms with E-state index in [1.54, 1.807) is 0 Å². The van der Waals surface area contributed by atoms with Gasteiger partial charge in [0.25, 0.3) is 0 Å². The highest BCUT2D eigenvalue weighted by atomic mass is 16.5. The van der Waals surface area contributed by atoms with Gasteiger partial charge in [-0.15, -0.1) is 0 Å². The van der Waals surface area contributed by atoms with Crippen molar-refractivity contribution in [3.05, 3.63) is 29.3 Å². The Bertz CT molecular complexity index is 383. The maximum atomic E-state index is 5.67. The standard InChI is InChI=1S/C17H26O/c1-4-13(2)7-8-14(3)15-9-10-17-16(12-15)6-5-11-18-17/h9-10,12-14H,4-8,11H2,1-3H3. The first-order valence-electron chi connectivity index (χ1n) is 7.46. The highest BCUT2D eigenvalue weighted by Gasteiger charge is 2.13. The molecule has 0 aliphatic carbocycles. The molecule has 1 heteroatoms. The summed E-state index contributed by atoms with van der Waals surface area (Å²) in [5, 5.41) is 0. The van der Waals surface area contributed by atoms with Crippen LogP contribution in [0.15, 0.2) is 18.2 Å². The summed E-state index contributed by atoms with van der Waals surface area (Å²) in [6.07, 6.45) is 6.28. The molecule has 1 aromatic rings. The van der Waals surface area contributed by atoms with Crippen molar-refractivity contribution in [2.45, 2.75) is 58.8 Å². The third kappa shape index (κ3) is 3.28. The lowest BCUT2D eigenvalue weighted by Gasteiger charge is -2.20. The maximum Gasteiger partial charge on any atom is 0.122 e. The van der Waals surface area contributed by atoms with E-state index < -0.39 is 0 Å². The van der Waals surface area contributed by atoms with Gasteiger partial charge in [-0.05, 0) is 48.3 Å². The molecule has 1 aliphatic rings. The van der Waals surface area contributed by atoms with Gasteiger partial charge in [0.15, 0.2) is 0 Å². The van der Waals surface area contributed by atoms with E-state index in [0.29, 0.717) is 5.92 Å². The third-order valence-electron chi connectivity index (χ3n) is 4.29. The number of ether oxygens (including phenoxy) is 1. The lowest BCUT2D eigenvalue weighted by molar-refractivity contribution is 0.288. The molecule has 2 rings (SSSR count). The topological polar surface area (TPSA) is 9.23 Å². The fourth-order valence-electron chi connectivity index (χ4n) is 2.59. The smallest absolute Gasteiger partial charge is 0.122 e. The summed E-state index contributed by atoms with van der Waals surface area (Å²) in [6.45, 7) is 7.88. The zero-order valence-electron chi connectivity index (χ0n) is 12.0. The average Bonchev–Trinajstić information content (AvgIpc) is 2.43. The van der Waals surface area contributed by atoms with E-state index in [1.165, 1.54) is 36.8 Å². The van der Waals surface area contributed by atoms with Gasteiger partial charge in [0.05, 0.1) is 6.61 Å². The van der Waals surface area contributed by atoms with Gasteiger partial charge in [-0.3, -0.25) is 0 Å². The number of rotatable bonds is 5. The van der Waals surface area contributed by atoms with E-state index >= 15 is 0 Å². The Morgan fingerprint density at radius 1 is 1.22 bits per heavy atom. The lowest BCUT2D eigenvalue weighted by atomic mass is 9.90. The molecule has 100 valence electrons. The van der Waals surface area contributed by atoms with Crippen LogP contribution < -0.4 is 4.74 Å². The highest BCUT2D eigenvalue weighted by Crippen LogP contribution is 2.30. The summed E-state index contributed by atoms with van der Waals surface area (Å²) in [5.41, 5.74) is 2.90. The van der Waals surface area contributed by atoms with Crippen molar-refractivity contribution < 1.29 is 4.74 Å². The van der Waals surface area contributed by atoms with Crippen molar-refractivity contribution in [2.75, 3.05) is 6.61 Å². The van der Waals surface area contributed by atoms with E-state index in [-0.39, 0.29) is 0 Å². The minimum absolute atomic E-state index is 0.672. The van der Waals surface area contributed by atoms with Crippen LogP contribution in [0.4, 0.5) is 0 Å². The lowest BCUT2D eigenvalue weighted by Crippen LogP contribution is -2.09. The molecule has 1 nitrogen and oxygen atoms in total. The van der Waals surface area contributed by atoms with Crippen molar-refractivity contribution in [3.63, 3.8) is 0 Å². The van der Waals surface area contributed by atoms with Crippen LogP contribution in [0.25, 0.3) is 0 Å².